The first kappa shape index (κ1) is 15.1. The molecule has 0 amide bonds. The number of halogens is 2. The molecule has 1 aromatic carbocycles. The van der Waals surface area contributed by atoms with Gasteiger partial charge in [-0.25, -0.2) is 0 Å². The predicted octanol–water partition coefficient (Wildman–Crippen LogP) is 4.46. The van der Waals surface area contributed by atoms with Crippen LogP contribution in [0.3, 0.4) is 0 Å². The number of ether oxygens (including phenoxy) is 1. The summed E-state index contributed by atoms with van der Waals surface area (Å²) in [5.41, 5.74) is 0. The molecule has 1 aliphatic rings. The number of likely N-dealkylation sites (tertiary alicyclic amines) is 1. The van der Waals surface area contributed by atoms with E-state index in [1.54, 1.807) is 0 Å². The first-order valence-electron chi connectivity index (χ1n) is 6.85. The van der Waals surface area contributed by atoms with Crippen molar-refractivity contribution in [3.8, 4) is 5.75 Å². The van der Waals surface area contributed by atoms with Gasteiger partial charge in [0.05, 0.1) is 4.47 Å². The fraction of sp³-hybridized carbons (Fsp3) is 0.600. The Balaban J connectivity index is 1.80. The quantitative estimate of drug-likeness (QED) is 0.798. The van der Waals surface area contributed by atoms with Crippen molar-refractivity contribution in [3.05, 3.63) is 27.7 Å². The monoisotopic (exact) mass is 345 g/mol. The molecule has 0 aliphatic carbocycles. The first-order valence-corrected chi connectivity index (χ1v) is 8.02. The molecule has 1 heterocycles. The molecule has 106 valence electrons. The van der Waals surface area contributed by atoms with Crippen molar-refractivity contribution in [3.63, 3.8) is 0 Å². The number of benzene rings is 1. The number of piperidine rings is 1. The van der Waals surface area contributed by atoms with Crippen LogP contribution >= 0.6 is 27.5 Å². The smallest absolute Gasteiger partial charge is 0.133 e. The molecule has 1 aromatic rings. The number of rotatable bonds is 4. The fourth-order valence-corrected chi connectivity index (χ4v) is 3.65. The molecule has 2 nitrogen and oxygen atoms in total. The first-order chi connectivity index (χ1) is 9.04. The molecule has 0 N–H and O–H groups in total. The van der Waals surface area contributed by atoms with E-state index in [2.05, 4.69) is 34.7 Å². The summed E-state index contributed by atoms with van der Waals surface area (Å²) in [5.74, 6) is 2.46. The lowest BCUT2D eigenvalue weighted by Crippen LogP contribution is -2.40. The lowest BCUT2D eigenvalue weighted by molar-refractivity contribution is 0.120. The zero-order chi connectivity index (χ0) is 13.8. The van der Waals surface area contributed by atoms with Crippen molar-refractivity contribution < 1.29 is 4.74 Å². The molecule has 2 rings (SSSR count). The van der Waals surface area contributed by atoms with Gasteiger partial charge in [-0.3, -0.25) is 4.90 Å². The minimum absolute atomic E-state index is 0.720. The maximum atomic E-state index is 5.91. The Hall–Kier alpha value is -0.250. The minimum atomic E-state index is 0.720. The van der Waals surface area contributed by atoms with E-state index < -0.39 is 0 Å². The van der Waals surface area contributed by atoms with Crippen LogP contribution in [0.15, 0.2) is 22.7 Å². The second-order valence-electron chi connectivity index (χ2n) is 5.63. The Morgan fingerprint density at radius 3 is 2.63 bits per heavy atom. The summed E-state index contributed by atoms with van der Waals surface area (Å²) in [5, 5.41) is 0.720. The third kappa shape index (κ3) is 4.66. The Bertz CT molecular complexity index is 417. The molecular weight excluding hydrogens is 326 g/mol. The second-order valence-corrected chi connectivity index (χ2v) is 6.92. The van der Waals surface area contributed by atoms with E-state index in [1.807, 2.05) is 18.2 Å². The molecule has 0 spiro atoms. The van der Waals surface area contributed by atoms with E-state index in [9.17, 15) is 0 Å². The van der Waals surface area contributed by atoms with Crippen molar-refractivity contribution >= 4 is 27.5 Å². The summed E-state index contributed by atoms with van der Waals surface area (Å²) in [6, 6.07) is 5.63. The van der Waals surface area contributed by atoms with Gasteiger partial charge in [0.2, 0.25) is 0 Å². The van der Waals surface area contributed by atoms with Crippen LogP contribution < -0.4 is 4.74 Å². The van der Waals surface area contributed by atoms with Gasteiger partial charge in [-0.1, -0.05) is 25.4 Å². The zero-order valence-electron chi connectivity index (χ0n) is 11.5. The van der Waals surface area contributed by atoms with Crippen LogP contribution in [0.5, 0.6) is 5.75 Å². The van der Waals surface area contributed by atoms with Gasteiger partial charge < -0.3 is 4.74 Å². The Labute approximate surface area is 129 Å². The molecule has 4 heteroatoms. The van der Waals surface area contributed by atoms with Crippen molar-refractivity contribution in [2.75, 3.05) is 26.2 Å². The molecule has 19 heavy (non-hydrogen) atoms. The summed E-state index contributed by atoms with van der Waals surface area (Å²) in [6.45, 7) is 8.76. The van der Waals surface area contributed by atoms with Crippen LogP contribution in [0.2, 0.25) is 5.02 Å². The molecular formula is C15H21BrClNO. The van der Waals surface area contributed by atoms with Gasteiger partial charge in [-0.2, -0.15) is 0 Å². The molecule has 0 radical (unpaired) electrons. The summed E-state index contributed by atoms with van der Waals surface area (Å²) >= 11 is 9.38. The van der Waals surface area contributed by atoms with E-state index in [4.69, 9.17) is 16.3 Å². The largest absolute Gasteiger partial charge is 0.491 e. The standard InChI is InChI=1S/C15H21BrClNO/c1-11-7-12(2)10-18(9-11)5-6-19-15-4-3-13(17)8-14(15)16/h3-4,8,11-12H,5-7,9-10H2,1-2H3/t11-,12+. The molecule has 1 saturated heterocycles. The van der Waals surface area contributed by atoms with Crippen molar-refractivity contribution in [1.82, 2.24) is 4.90 Å². The third-order valence-electron chi connectivity index (χ3n) is 3.50. The van der Waals surface area contributed by atoms with Gasteiger partial charge in [0.1, 0.15) is 12.4 Å². The minimum Gasteiger partial charge on any atom is -0.491 e. The highest BCUT2D eigenvalue weighted by molar-refractivity contribution is 9.10. The van der Waals surface area contributed by atoms with Gasteiger partial charge in [0, 0.05) is 24.7 Å². The average Bonchev–Trinajstić information content (AvgIpc) is 2.30. The Morgan fingerprint density at radius 2 is 2.00 bits per heavy atom. The maximum absolute atomic E-state index is 5.91. The number of hydrogen-bond acceptors (Lipinski definition) is 2. The second kappa shape index (κ2) is 6.96. The molecule has 1 aliphatic heterocycles. The molecule has 0 unspecified atom stereocenters. The van der Waals surface area contributed by atoms with Crippen LogP contribution in [-0.4, -0.2) is 31.1 Å². The van der Waals surface area contributed by atoms with Gasteiger partial charge >= 0.3 is 0 Å². The molecule has 0 bridgehead atoms. The van der Waals surface area contributed by atoms with E-state index in [-0.39, 0.29) is 0 Å². The van der Waals surface area contributed by atoms with Crippen LogP contribution in [-0.2, 0) is 0 Å². The van der Waals surface area contributed by atoms with Crippen LogP contribution in [0.4, 0.5) is 0 Å². The van der Waals surface area contributed by atoms with Gasteiger partial charge in [0.15, 0.2) is 0 Å². The lowest BCUT2D eigenvalue weighted by Gasteiger charge is -2.34. The SMILES string of the molecule is C[C@@H]1C[C@H](C)CN(CCOc2ccc(Cl)cc2Br)C1. The fourth-order valence-electron chi connectivity index (χ4n) is 2.85. The summed E-state index contributed by atoms with van der Waals surface area (Å²) in [6.07, 6.45) is 1.35. The Morgan fingerprint density at radius 1 is 1.32 bits per heavy atom. The van der Waals surface area contributed by atoms with Crippen molar-refractivity contribution in [1.29, 1.82) is 0 Å². The highest BCUT2D eigenvalue weighted by Gasteiger charge is 2.21. The lowest BCUT2D eigenvalue weighted by atomic mass is 9.92. The highest BCUT2D eigenvalue weighted by atomic mass is 79.9. The summed E-state index contributed by atoms with van der Waals surface area (Å²) < 4.78 is 6.73. The molecule has 0 aromatic heterocycles. The number of nitrogens with zero attached hydrogens (tertiary/aromatic N) is 1. The van der Waals surface area contributed by atoms with E-state index in [0.717, 1.165) is 40.2 Å². The van der Waals surface area contributed by atoms with Crippen LogP contribution in [0, 0.1) is 11.8 Å². The van der Waals surface area contributed by atoms with E-state index in [0.29, 0.717) is 0 Å². The maximum Gasteiger partial charge on any atom is 0.133 e. The summed E-state index contributed by atoms with van der Waals surface area (Å²) in [4.78, 5) is 2.50. The zero-order valence-corrected chi connectivity index (χ0v) is 13.9. The third-order valence-corrected chi connectivity index (χ3v) is 4.36. The van der Waals surface area contributed by atoms with Crippen LogP contribution in [0.25, 0.3) is 0 Å². The van der Waals surface area contributed by atoms with E-state index in [1.165, 1.54) is 19.5 Å². The highest BCUT2D eigenvalue weighted by Crippen LogP contribution is 2.28. The topological polar surface area (TPSA) is 12.5 Å². The number of hydrogen-bond donors (Lipinski definition) is 0. The molecule has 2 atom stereocenters. The van der Waals surface area contributed by atoms with Gasteiger partial charge in [-0.05, 0) is 52.4 Å². The van der Waals surface area contributed by atoms with Crippen molar-refractivity contribution in [2.24, 2.45) is 11.8 Å². The normalized spacial score (nSPS) is 24.4. The average molecular weight is 347 g/mol. The molecule has 1 fully saturated rings. The predicted molar refractivity (Wildman–Crippen MR) is 84.0 cm³/mol. The van der Waals surface area contributed by atoms with E-state index >= 15 is 0 Å². The van der Waals surface area contributed by atoms with Crippen molar-refractivity contribution in [2.45, 2.75) is 20.3 Å². The van der Waals surface area contributed by atoms with Crippen LogP contribution in [0.1, 0.15) is 20.3 Å². The Kier molecular flexibility index (Phi) is 5.55. The summed E-state index contributed by atoms with van der Waals surface area (Å²) in [7, 11) is 0. The molecule has 0 saturated carbocycles. The van der Waals surface area contributed by atoms with Gasteiger partial charge in [-0.15, -0.1) is 0 Å². The van der Waals surface area contributed by atoms with Gasteiger partial charge in [0.25, 0.3) is 0 Å².